The van der Waals surface area contributed by atoms with E-state index in [-0.39, 0.29) is 24.8 Å². The van der Waals surface area contributed by atoms with Crippen LogP contribution in [0.4, 0.5) is 4.79 Å². The van der Waals surface area contributed by atoms with Crippen LogP contribution in [0.15, 0.2) is 18.2 Å². The van der Waals surface area contributed by atoms with Gasteiger partial charge in [0.15, 0.2) is 11.5 Å². The molecule has 0 spiro atoms. The van der Waals surface area contributed by atoms with Gasteiger partial charge < -0.3 is 24.2 Å². The number of hydrogen-bond donors (Lipinski definition) is 0. The molecule has 7 heteroatoms. The first-order valence-corrected chi connectivity index (χ1v) is 9.97. The topological polar surface area (TPSA) is 62.3 Å². The highest BCUT2D eigenvalue weighted by Gasteiger charge is 2.44. The predicted octanol–water partition coefficient (Wildman–Crippen LogP) is 2.31. The lowest BCUT2D eigenvalue weighted by atomic mass is 9.94. The third-order valence-electron chi connectivity index (χ3n) is 6.30. The Morgan fingerprint density at radius 1 is 0.926 bits per heavy atom. The lowest BCUT2D eigenvalue weighted by molar-refractivity contribution is 0.0616. The molecule has 1 unspecified atom stereocenters. The Labute approximate surface area is 158 Å². The van der Waals surface area contributed by atoms with E-state index >= 15 is 0 Å². The second-order valence-corrected chi connectivity index (χ2v) is 7.89. The molecule has 0 bridgehead atoms. The molecule has 144 valence electrons. The number of ether oxygens (including phenoxy) is 2. The van der Waals surface area contributed by atoms with Crippen molar-refractivity contribution in [2.75, 3.05) is 33.0 Å². The first kappa shape index (κ1) is 16.7. The van der Waals surface area contributed by atoms with Gasteiger partial charge in [-0.1, -0.05) is 19.3 Å². The molecule has 1 aromatic carbocycles. The van der Waals surface area contributed by atoms with E-state index in [9.17, 15) is 9.59 Å². The fourth-order valence-corrected chi connectivity index (χ4v) is 4.83. The Kier molecular flexibility index (Phi) is 4.10. The quantitative estimate of drug-likeness (QED) is 0.800. The normalized spacial score (nSPS) is 25.1. The van der Waals surface area contributed by atoms with Gasteiger partial charge in [-0.05, 0) is 31.0 Å². The summed E-state index contributed by atoms with van der Waals surface area (Å²) in [7, 11) is 0. The summed E-state index contributed by atoms with van der Waals surface area (Å²) >= 11 is 0. The van der Waals surface area contributed by atoms with E-state index in [1.807, 2.05) is 9.80 Å². The van der Waals surface area contributed by atoms with Gasteiger partial charge in [-0.3, -0.25) is 4.79 Å². The summed E-state index contributed by atoms with van der Waals surface area (Å²) in [5.41, 5.74) is 0.612. The van der Waals surface area contributed by atoms with Crippen molar-refractivity contribution in [3.8, 4) is 11.5 Å². The van der Waals surface area contributed by atoms with E-state index < -0.39 is 0 Å². The van der Waals surface area contributed by atoms with Crippen LogP contribution in [0.5, 0.6) is 11.5 Å². The van der Waals surface area contributed by atoms with Crippen LogP contribution in [0, 0.1) is 0 Å². The average Bonchev–Trinajstić information content (AvgIpc) is 3.31. The Morgan fingerprint density at radius 2 is 1.74 bits per heavy atom. The monoisotopic (exact) mass is 371 g/mol. The van der Waals surface area contributed by atoms with E-state index in [1.54, 1.807) is 18.2 Å². The van der Waals surface area contributed by atoms with Crippen molar-refractivity contribution in [1.29, 1.82) is 0 Å². The minimum absolute atomic E-state index is 0.00323. The molecule has 4 aliphatic rings. The van der Waals surface area contributed by atoms with Crippen molar-refractivity contribution in [3.63, 3.8) is 0 Å². The average molecular weight is 371 g/mol. The zero-order valence-corrected chi connectivity index (χ0v) is 15.4. The smallest absolute Gasteiger partial charge is 0.320 e. The maximum absolute atomic E-state index is 13.0. The van der Waals surface area contributed by atoms with Crippen LogP contribution >= 0.6 is 0 Å². The summed E-state index contributed by atoms with van der Waals surface area (Å²) < 4.78 is 10.7. The lowest BCUT2D eigenvalue weighted by Gasteiger charge is -2.36. The van der Waals surface area contributed by atoms with Crippen LogP contribution in [-0.2, 0) is 0 Å². The molecular formula is C20H25N3O4. The molecule has 1 aromatic rings. The van der Waals surface area contributed by atoms with Crippen molar-refractivity contribution in [3.05, 3.63) is 23.8 Å². The molecule has 3 amide bonds. The largest absolute Gasteiger partial charge is 0.454 e. The highest BCUT2D eigenvalue weighted by Crippen LogP contribution is 2.33. The molecule has 3 fully saturated rings. The van der Waals surface area contributed by atoms with Crippen molar-refractivity contribution in [2.24, 2.45) is 0 Å². The minimum atomic E-state index is -0.00323. The highest BCUT2D eigenvalue weighted by molar-refractivity contribution is 5.95. The fraction of sp³-hybridized carbons (Fsp3) is 0.600. The summed E-state index contributed by atoms with van der Waals surface area (Å²) in [6.45, 7) is 2.74. The lowest BCUT2D eigenvalue weighted by Crippen LogP contribution is -2.53. The zero-order chi connectivity index (χ0) is 18.4. The molecule has 0 radical (unpaired) electrons. The van der Waals surface area contributed by atoms with Crippen LogP contribution < -0.4 is 9.47 Å². The molecule has 5 rings (SSSR count). The third kappa shape index (κ3) is 2.89. The van der Waals surface area contributed by atoms with E-state index in [0.717, 1.165) is 19.4 Å². The van der Waals surface area contributed by atoms with Crippen LogP contribution in [-0.4, -0.2) is 71.7 Å². The second-order valence-electron chi connectivity index (χ2n) is 7.89. The molecular weight excluding hydrogens is 346 g/mol. The van der Waals surface area contributed by atoms with E-state index in [1.165, 1.54) is 19.3 Å². The van der Waals surface area contributed by atoms with Crippen LogP contribution in [0.3, 0.4) is 0 Å². The number of piperazine rings is 1. The van der Waals surface area contributed by atoms with Gasteiger partial charge in [0.25, 0.3) is 5.91 Å². The number of urea groups is 1. The standard InChI is InChI=1S/C20H25N3O4/c24-19(14-6-7-17-18(10-14)27-13-26-17)21-8-9-22-16(11-21)12-23(20(22)25)15-4-2-1-3-5-15/h6-7,10,15-16H,1-5,8-9,11-13H2. The minimum Gasteiger partial charge on any atom is -0.454 e. The van der Waals surface area contributed by atoms with Gasteiger partial charge in [0.2, 0.25) is 6.79 Å². The summed E-state index contributed by atoms with van der Waals surface area (Å²) in [5.74, 6) is 1.30. The zero-order valence-electron chi connectivity index (χ0n) is 15.4. The van der Waals surface area contributed by atoms with Gasteiger partial charge in [0, 0.05) is 37.8 Å². The number of carbonyl (C=O) groups is 2. The fourth-order valence-electron chi connectivity index (χ4n) is 4.83. The first-order valence-electron chi connectivity index (χ1n) is 9.97. The SMILES string of the molecule is O=C(c1ccc2c(c1)OCO2)N1CCN2C(=O)N(C3CCCCC3)CC2C1. The van der Waals surface area contributed by atoms with Crippen LogP contribution in [0.25, 0.3) is 0 Å². The number of carbonyl (C=O) groups excluding carboxylic acids is 2. The molecule has 3 aliphatic heterocycles. The summed E-state index contributed by atoms with van der Waals surface area (Å²) in [5, 5.41) is 0. The Balaban J connectivity index is 1.28. The van der Waals surface area contributed by atoms with Crippen molar-refractivity contribution < 1.29 is 19.1 Å². The summed E-state index contributed by atoms with van der Waals surface area (Å²) in [4.78, 5) is 31.7. The van der Waals surface area contributed by atoms with Crippen molar-refractivity contribution in [1.82, 2.24) is 14.7 Å². The molecule has 2 saturated heterocycles. The van der Waals surface area contributed by atoms with E-state index in [0.29, 0.717) is 42.7 Å². The maximum atomic E-state index is 13.0. The van der Waals surface area contributed by atoms with E-state index in [2.05, 4.69) is 4.90 Å². The molecule has 7 nitrogen and oxygen atoms in total. The number of benzene rings is 1. The van der Waals surface area contributed by atoms with E-state index in [4.69, 9.17) is 9.47 Å². The Bertz CT molecular complexity index is 762. The molecule has 27 heavy (non-hydrogen) atoms. The summed E-state index contributed by atoms with van der Waals surface area (Å²) in [6, 6.07) is 5.99. The van der Waals surface area contributed by atoms with Crippen LogP contribution in [0.1, 0.15) is 42.5 Å². The number of nitrogens with zero attached hydrogens (tertiary/aromatic N) is 3. The molecule has 1 aliphatic carbocycles. The third-order valence-corrected chi connectivity index (χ3v) is 6.30. The second kappa shape index (κ2) is 6.62. The predicted molar refractivity (Wildman–Crippen MR) is 97.9 cm³/mol. The van der Waals surface area contributed by atoms with Gasteiger partial charge in [-0.2, -0.15) is 0 Å². The molecule has 0 N–H and O–H groups in total. The molecule has 1 atom stereocenters. The Morgan fingerprint density at radius 3 is 2.59 bits per heavy atom. The van der Waals surface area contributed by atoms with Crippen LogP contribution in [0.2, 0.25) is 0 Å². The maximum Gasteiger partial charge on any atom is 0.320 e. The van der Waals surface area contributed by atoms with Crippen molar-refractivity contribution >= 4 is 11.9 Å². The first-order chi connectivity index (χ1) is 13.2. The highest BCUT2D eigenvalue weighted by atomic mass is 16.7. The van der Waals surface area contributed by atoms with Gasteiger partial charge in [-0.15, -0.1) is 0 Å². The Hall–Kier alpha value is -2.44. The number of rotatable bonds is 2. The number of hydrogen-bond acceptors (Lipinski definition) is 4. The molecule has 3 heterocycles. The van der Waals surface area contributed by atoms with Gasteiger partial charge in [0.1, 0.15) is 0 Å². The van der Waals surface area contributed by atoms with Gasteiger partial charge in [0.05, 0.1) is 6.04 Å². The molecule has 1 saturated carbocycles. The van der Waals surface area contributed by atoms with Crippen molar-refractivity contribution in [2.45, 2.75) is 44.2 Å². The van der Waals surface area contributed by atoms with Gasteiger partial charge in [-0.25, -0.2) is 4.79 Å². The summed E-state index contributed by atoms with van der Waals surface area (Å²) in [6.07, 6.45) is 5.95. The molecule has 0 aromatic heterocycles. The van der Waals surface area contributed by atoms with Gasteiger partial charge >= 0.3 is 6.03 Å². The number of amides is 3. The number of fused-ring (bicyclic) bond motifs is 2.